The van der Waals surface area contributed by atoms with Gasteiger partial charge in [0.1, 0.15) is 6.07 Å². The fraction of sp³-hybridized carbons (Fsp3) is 0.375. The topological polar surface area (TPSA) is 61.8 Å². The van der Waals surface area contributed by atoms with E-state index in [0.717, 1.165) is 22.8 Å². The molecular formula is C16H19N3OS. The summed E-state index contributed by atoms with van der Waals surface area (Å²) in [6.45, 7) is 4.07. The van der Waals surface area contributed by atoms with Crippen LogP contribution in [-0.2, 0) is 5.75 Å². The van der Waals surface area contributed by atoms with Crippen molar-refractivity contribution >= 4 is 11.8 Å². The second-order valence-electron chi connectivity index (χ2n) is 5.07. The minimum atomic E-state index is 0.190. The summed E-state index contributed by atoms with van der Waals surface area (Å²) in [7, 11) is 0. The minimum Gasteiger partial charge on any atom is -0.396 e. The Morgan fingerprint density at radius 2 is 2.10 bits per heavy atom. The van der Waals surface area contributed by atoms with Gasteiger partial charge in [0.2, 0.25) is 0 Å². The number of thioether (sulfide) groups is 1. The zero-order valence-corrected chi connectivity index (χ0v) is 13.1. The summed E-state index contributed by atoms with van der Waals surface area (Å²) < 4.78 is 1.85. The second-order valence-corrected chi connectivity index (χ2v) is 6.10. The number of hydrogen-bond donors (Lipinski definition) is 1. The van der Waals surface area contributed by atoms with Crippen LogP contribution in [0.15, 0.2) is 30.3 Å². The van der Waals surface area contributed by atoms with Gasteiger partial charge in [-0.05, 0) is 30.7 Å². The number of nitrogens with zero attached hydrogens (tertiary/aromatic N) is 3. The SMILES string of the molecule is Cc1nn(-c2ccccc2)c(CSCC(C)CO)c1C#N. The fourth-order valence-electron chi connectivity index (χ4n) is 2.05. The summed E-state index contributed by atoms with van der Waals surface area (Å²) in [5.74, 6) is 1.83. The first-order valence-electron chi connectivity index (χ1n) is 6.90. The summed E-state index contributed by atoms with van der Waals surface area (Å²) in [6, 6.07) is 12.1. The molecule has 5 heteroatoms. The molecule has 110 valence electrons. The lowest BCUT2D eigenvalue weighted by atomic mass is 10.2. The van der Waals surface area contributed by atoms with Crippen molar-refractivity contribution in [3.8, 4) is 11.8 Å². The molecule has 1 heterocycles. The van der Waals surface area contributed by atoms with Crippen molar-refractivity contribution in [3.05, 3.63) is 47.3 Å². The number of para-hydroxylation sites is 1. The van der Waals surface area contributed by atoms with Gasteiger partial charge in [-0.25, -0.2) is 4.68 Å². The number of rotatable bonds is 6. The third-order valence-electron chi connectivity index (χ3n) is 3.22. The van der Waals surface area contributed by atoms with E-state index in [1.165, 1.54) is 0 Å². The Hall–Kier alpha value is -1.77. The highest BCUT2D eigenvalue weighted by Crippen LogP contribution is 2.23. The molecule has 0 aliphatic heterocycles. The lowest BCUT2D eigenvalue weighted by Crippen LogP contribution is -2.06. The van der Waals surface area contributed by atoms with Gasteiger partial charge in [0.25, 0.3) is 0 Å². The highest BCUT2D eigenvalue weighted by Gasteiger charge is 2.16. The van der Waals surface area contributed by atoms with E-state index in [9.17, 15) is 5.26 Å². The molecule has 21 heavy (non-hydrogen) atoms. The van der Waals surface area contributed by atoms with Crippen molar-refractivity contribution in [2.75, 3.05) is 12.4 Å². The zero-order valence-electron chi connectivity index (χ0n) is 12.3. The molecule has 4 nitrogen and oxygen atoms in total. The summed E-state index contributed by atoms with van der Waals surface area (Å²) >= 11 is 1.72. The van der Waals surface area contributed by atoms with Crippen molar-refractivity contribution in [2.45, 2.75) is 19.6 Å². The molecular weight excluding hydrogens is 282 g/mol. The Morgan fingerprint density at radius 3 is 2.71 bits per heavy atom. The van der Waals surface area contributed by atoms with E-state index in [1.54, 1.807) is 11.8 Å². The predicted octanol–water partition coefficient (Wildman–Crippen LogP) is 2.91. The molecule has 0 aliphatic rings. The molecule has 0 fully saturated rings. The highest BCUT2D eigenvalue weighted by atomic mass is 32.2. The Bertz CT molecular complexity index is 631. The van der Waals surface area contributed by atoms with E-state index in [1.807, 2.05) is 48.9 Å². The molecule has 0 spiro atoms. The van der Waals surface area contributed by atoms with Crippen LogP contribution in [0.1, 0.15) is 23.9 Å². The smallest absolute Gasteiger partial charge is 0.103 e. The Morgan fingerprint density at radius 1 is 1.38 bits per heavy atom. The number of hydrogen-bond acceptors (Lipinski definition) is 4. The molecule has 2 rings (SSSR count). The van der Waals surface area contributed by atoms with Gasteiger partial charge in [-0.15, -0.1) is 0 Å². The molecule has 0 saturated carbocycles. The number of aliphatic hydroxyl groups excluding tert-OH is 1. The van der Waals surface area contributed by atoms with Gasteiger partial charge < -0.3 is 5.11 Å². The average Bonchev–Trinajstić information content (AvgIpc) is 2.83. The molecule has 1 aromatic carbocycles. The number of aliphatic hydroxyl groups is 1. The van der Waals surface area contributed by atoms with Crippen LogP contribution in [0.3, 0.4) is 0 Å². The lowest BCUT2D eigenvalue weighted by Gasteiger charge is -2.10. The van der Waals surface area contributed by atoms with E-state index < -0.39 is 0 Å². The van der Waals surface area contributed by atoms with Crippen molar-refractivity contribution in [1.82, 2.24) is 9.78 Å². The molecule has 2 aromatic rings. The standard InChI is InChI=1S/C16H19N3OS/c1-12(9-20)10-21-11-16-15(8-17)13(2)18-19(16)14-6-4-3-5-7-14/h3-7,12,20H,9-11H2,1-2H3. The van der Waals surface area contributed by atoms with Crippen LogP contribution >= 0.6 is 11.8 Å². The van der Waals surface area contributed by atoms with Gasteiger partial charge in [0, 0.05) is 12.4 Å². The van der Waals surface area contributed by atoms with Crippen LogP contribution < -0.4 is 0 Å². The fourth-order valence-corrected chi connectivity index (χ4v) is 3.13. The van der Waals surface area contributed by atoms with Crippen LogP contribution in [0, 0.1) is 24.2 Å². The maximum Gasteiger partial charge on any atom is 0.103 e. The Labute approximate surface area is 129 Å². The van der Waals surface area contributed by atoms with E-state index >= 15 is 0 Å². The number of nitriles is 1. The van der Waals surface area contributed by atoms with Crippen molar-refractivity contribution < 1.29 is 5.11 Å². The first-order valence-corrected chi connectivity index (χ1v) is 8.05. The maximum absolute atomic E-state index is 9.36. The summed E-state index contributed by atoms with van der Waals surface area (Å²) in [4.78, 5) is 0. The van der Waals surface area contributed by atoms with Crippen molar-refractivity contribution in [2.24, 2.45) is 5.92 Å². The molecule has 1 aromatic heterocycles. The molecule has 0 radical (unpaired) electrons. The third-order valence-corrected chi connectivity index (χ3v) is 4.50. The van der Waals surface area contributed by atoms with Gasteiger partial charge in [-0.3, -0.25) is 0 Å². The number of aryl methyl sites for hydroxylation is 1. The van der Waals surface area contributed by atoms with E-state index in [0.29, 0.717) is 11.3 Å². The molecule has 0 amide bonds. The number of benzene rings is 1. The lowest BCUT2D eigenvalue weighted by molar-refractivity contribution is 0.250. The molecule has 0 bridgehead atoms. The molecule has 1 atom stereocenters. The van der Waals surface area contributed by atoms with Crippen LogP contribution in [-0.4, -0.2) is 27.2 Å². The van der Waals surface area contributed by atoms with Gasteiger partial charge in [0.15, 0.2) is 0 Å². The van der Waals surface area contributed by atoms with Crippen molar-refractivity contribution in [3.63, 3.8) is 0 Å². The van der Waals surface area contributed by atoms with Crippen LogP contribution in [0.5, 0.6) is 0 Å². The van der Waals surface area contributed by atoms with Gasteiger partial charge in [-0.1, -0.05) is 25.1 Å². The van der Waals surface area contributed by atoms with Gasteiger partial charge in [-0.2, -0.15) is 22.1 Å². The Kier molecular flexibility index (Phi) is 5.43. The van der Waals surface area contributed by atoms with Crippen molar-refractivity contribution in [1.29, 1.82) is 5.26 Å². The summed E-state index contributed by atoms with van der Waals surface area (Å²) in [5.41, 5.74) is 3.31. The Balaban J connectivity index is 2.28. The molecule has 1 unspecified atom stereocenters. The summed E-state index contributed by atoms with van der Waals surface area (Å²) in [5, 5.41) is 22.9. The van der Waals surface area contributed by atoms with E-state index in [2.05, 4.69) is 11.2 Å². The quantitative estimate of drug-likeness (QED) is 0.891. The minimum absolute atomic E-state index is 0.190. The molecule has 1 N–H and O–H groups in total. The van der Waals surface area contributed by atoms with Crippen LogP contribution in [0.2, 0.25) is 0 Å². The monoisotopic (exact) mass is 301 g/mol. The van der Waals surface area contributed by atoms with Crippen LogP contribution in [0.4, 0.5) is 0 Å². The predicted molar refractivity (Wildman–Crippen MR) is 85.4 cm³/mol. The highest BCUT2D eigenvalue weighted by molar-refractivity contribution is 7.98. The largest absolute Gasteiger partial charge is 0.396 e. The van der Waals surface area contributed by atoms with Gasteiger partial charge in [0.05, 0.1) is 22.6 Å². The van der Waals surface area contributed by atoms with Crippen LogP contribution in [0.25, 0.3) is 5.69 Å². The first kappa shape index (κ1) is 15.6. The molecule has 0 saturated heterocycles. The number of aromatic nitrogens is 2. The normalized spacial score (nSPS) is 12.1. The third kappa shape index (κ3) is 3.66. The van der Waals surface area contributed by atoms with E-state index in [4.69, 9.17) is 5.11 Å². The van der Waals surface area contributed by atoms with E-state index in [-0.39, 0.29) is 12.5 Å². The zero-order chi connectivity index (χ0) is 15.2. The van der Waals surface area contributed by atoms with Gasteiger partial charge >= 0.3 is 0 Å². The summed E-state index contributed by atoms with van der Waals surface area (Å²) in [6.07, 6.45) is 0. The maximum atomic E-state index is 9.36. The second kappa shape index (κ2) is 7.30. The average molecular weight is 301 g/mol. The first-order chi connectivity index (χ1) is 10.2. The molecule has 0 aliphatic carbocycles.